The number of carbonyl (C=O) groups excluding carboxylic acids is 1. The molecule has 20 heavy (non-hydrogen) atoms. The topological polar surface area (TPSA) is 58.6 Å². The smallest absolute Gasteiger partial charge is 0.221 e. The Morgan fingerprint density at radius 1 is 1.15 bits per heavy atom. The molecule has 1 unspecified atom stereocenters. The first-order valence-electron chi connectivity index (χ1n) is 6.39. The summed E-state index contributed by atoms with van der Waals surface area (Å²) in [7, 11) is 0. The van der Waals surface area contributed by atoms with Crippen LogP contribution in [0, 0.1) is 0 Å². The summed E-state index contributed by atoms with van der Waals surface area (Å²) in [5, 5.41) is 12.2. The molecule has 0 radical (unpaired) electrons. The molecule has 0 fully saturated rings. The number of benzene rings is 2. The second-order valence-corrected chi connectivity index (χ2v) is 4.52. The van der Waals surface area contributed by atoms with Crippen molar-refractivity contribution in [1.82, 2.24) is 0 Å². The number of aliphatic hydroxyl groups is 1. The van der Waals surface area contributed by atoms with E-state index in [2.05, 4.69) is 5.32 Å². The van der Waals surface area contributed by atoms with Crippen LogP contribution in [0.25, 0.3) is 0 Å². The molecule has 1 atom stereocenters. The number of aliphatic hydroxyl groups excluding tert-OH is 1. The summed E-state index contributed by atoms with van der Waals surface area (Å²) < 4.78 is 5.75. The SMILES string of the molecule is CC(=O)Nc1ccccc1Oc1ccc(C(C)O)cc1. The Balaban J connectivity index is 2.19. The summed E-state index contributed by atoms with van der Waals surface area (Å²) >= 11 is 0. The summed E-state index contributed by atoms with van der Waals surface area (Å²) in [6, 6.07) is 14.4. The van der Waals surface area contributed by atoms with Gasteiger partial charge in [-0.15, -0.1) is 0 Å². The minimum Gasteiger partial charge on any atom is -0.455 e. The van der Waals surface area contributed by atoms with E-state index in [1.807, 2.05) is 12.1 Å². The number of anilines is 1. The summed E-state index contributed by atoms with van der Waals surface area (Å²) in [5.74, 6) is 1.07. The molecule has 0 aromatic heterocycles. The second-order valence-electron chi connectivity index (χ2n) is 4.52. The molecule has 4 nitrogen and oxygen atoms in total. The number of para-hydroxylation sites is 2. The normalized spacial score (nSPS) is 11.8. The molecule has 0 aliphatic carbocycles. The molecule has 2 aromatic carbocycles. The van der Waals surface area contributed by atoms with E-state index in [1.54, 1.807) is 43.3 Å². The van der Waals surface area contributed by atoms with Gasteiger partial charge in [0.25, 0.3) is 0 Å². The Morgan fingerprint density at radius 2 is 1.80 bits per heavy atom. The molecule has 0 spiro atoms. The molecule has 104 valence electrons. The van der Waals surface area contributed by atoms with Crippen LogP contribution in [-0.4, -0.2) is 11.0 Å². The third-order valence-corrected chi connectivity index (χ3v) is 2.79. The number of ether oxygens (including phenoxy) is 1. The van der Waals surface area contributed by atoms with Gasteiger partial charge in [-0.25, -0.2) is 0 Å². The van der Waals surface area contributed by atoms with Gasteiger partial charge in [0, 0.05) is 6.92 Å². The van der Waals surface area contributed by atoms with Crippen molar-refractivity contribution in [3.63, 3.8) is 0 Å². The van der Waals surface area contributed by atoms with Crippen molar-refractivity contribution in [2.45, 2.75) is 20.0 Å². The molecule has 1 amide bonds. The van der Waals surface area contributed by atoms with E-state index in [9.17, 15) is 9.90 Å². The van der Waals surface area contributed by atoms with Crippen molar-refractivity contribution in [3.8, 4) is 11.5 Å². The Kier molecular flexibility index (Phi) is 4.38. The Hall–Kier alpha value is -2.33. The van der Waals surface area contributed by atoms with Crippen LogP contribution >= 0.6 is 0 Å². The van der Waals surface area contributed by atoms with Gasteiger partial charge in [-0.05, 0) is 36.8 Å². The van der Waals surface area contributed by atoms with Gasteiger partial charge in [0.05, 0.1) is 11.8 Å². The largest absolute Gasteiger partial charge is 0.455 e. The Morgan fingerprint density at radius 3 is 2.40 bits per heavy atom. The van der Waals surface area contributed by atoms with Crippen molar-refractivity contribution < 1.29 is 14.6 Å². The third kappa shape index (κ3) is 3.59. The van der Waals surface area contributed by atoms with Crippen molar-refractivity contribution >= 4 is 11.6 Å². The highest BCUT2D eigenvalue weighted by Gasteiger charge is 2.06. The molecule has 0 aliphatic heterocycles. The monoisotopic (exact) mass is 271 g/mol. The standard InChI is InChI=1S/C16H17NO3/c1-11(18)13-7-9-14(10-8-13)20-16-6-4-3-5-15(16)17-12(2)19/h3-11,18H,1-2H3,(H,17,19). The van der Waals surface area contributed by atoms with Gasteiger partial charge in [0.2, 0.25) is 5.91 Å². The minimum absolute atomic E-state index is 0.148. The molecule has 4 heteroatoms. The van der Waals surface area contributed by atoms with Crippen molar-refractivity contribution in [3.05, 3.63) is 54.1 Å². The van der Waals surface area contributed by atoms with Gasteiger partial charge >= 0.3 is 0 Å². The highest BCUT2D eigenvalue weighted by molar-refractivity contribution is 5.90. The average Bonchev–Trinajstić information content (AvgIpc) is 2.41. The van der Waals surface area contributed by atoms with Crippen molar-refractivity contribution in [2.24, 2.45) is 0 Å². The van der Waals surface area contributed by atoms with Crippen LogP contribution in [-0.2, 0) is 4.79 Å². The van der Waals surface area contributed by atoms with Crippen LogP contribution in [0.2, 0.25) is 0 Å². The first-order chi connectivity index (χ1) is 9.56. The molecular formula is C16H17NO3. The number of hydrogen-bond acceptors (Lipinski definition) is 3. The fourth-order valence-corrected chi connectivity index (χ4v) is 1.79. The number of rotatable bonds is 4. The van der Waals surface area contributed by atoms with Gasteiger partial charge in [-0.3, -0.25) is 4.79 Å². The van der Waals surface area contributed by atoms with E-state index in [1.165, 1.54) is 6.92 Å². The Bertz CT molecular complexity index is 591. The third-order valence-electron chi connectivity index (χ3n) is 2.79. The quantitative estimate of drug-likeness (QED) is 0.894. The number of nitrogens with one attached hydrogen (secondary N) is 1. The predicted octanol–water partition coefficient (Wildman–Crippen LogP) is 3.49. The summed E-state index contributed by atoms with van der Waals surface area (Å²) in [5.41, 5.74) is 1.45. The van der Waals surface area contributed by atoms with E-state index >= 15 is 0 Å². The van der Waals surface area contributed by atoms with Gasteiger partial charge in [-0.1, -0.05) is 24.3 Å². The van der Waals surface area contributed by atoms with Crippen LogP contribution in [0.4, 0.5) is 5.69 Å². The van der Waals surface area contributed by atoms with Gasteiger partial charge in [-0.2, -0.15) is 0 Å². The van der Waals surface area contributed by atoms with Crippen LogP contribution < -0.4 is 10.1 Å². The lowest BCUT2D eigenvalue weighted by molar-refractivity contribution is -0.114. The molecule has 0 bridgehead atoms. The fourth-order valence-electron chi connectivity index (χ4n) is 1.79. The maximum atomic E-state index is 11.1. The van der Waals surface area contributed by atoms with Crippen LogP contribution in [0.15, 0.2) is 48.5 Å². The van der Waals surface area contributed by atoms with Crippen molar-refractivity contribution in [2.75, 3.05) is 5.32 Å². The number of amides is 1. The summed E-state index contributed by atoms with van der Waals surface area (Å²) in [4.78, 5) is 11.1. The lowest BCUT2D eigenvalue weighted by Crippen LogP contribution is -2.06. The van der Waals surface area contributed by atoms with Crippen molar-refractivity contribution in [1.29, 1.82) is 0 Å². The van der Waals surface area contributed by atoms with E-state index in [-0.39, 0.29) is 5.91 Å². The van der Waals surface area contributed by atoms with E-state index in [0.29, 0.717) is 17.2 Å². The molecular weight excluding hydrogens is 254 g/mol. The highest BCUT2D eigenvalue weighted by atomic mass is 16.5. The van der Waals surface area contributed by atoms with Crippen LogP contribution in [0.5, 0.6) is 11.5 Å². The zero-order chi connectivity index (χ0) is 14.5. The zero-order valence-corrected chi connectivity index (χ0v) is 11.5. The molecule has 0 saturated heterocycles. The number of hydrogen-bond donors (Lipinski definition) is 2. The van der Waals surface area contributed by atoms with Crippen LogP contribution in [0.1, 0.15) is 25.5 Å². The minimum atomic E-state index is -0.504. The lowest BCUT2D eigenvalue weighted by atomic mass is 10.1. The molecule has 2 rings (SSSR count). The zero-order valence-electron chi connectivity index (χ0n) is 11.5. The predicted molar refractivity (Wildman–Crippen MR) is 77.9 cm³/mol. The van der Waals surface area contributed by atoms with E-state index in [4.69, 9.17) is 4.74 Å². The molecule has 2 aromatic rings. The van der Waals surface area contributed by atoms with Gasteiger partial charge in [0.15, 0.2) is 5.75 Å². The Labute approximate surface area is 118 Å². The maximum absolute atomic E-state index is 11.1. The molecule has 0 aliphatic rings. The number of carbonyl (C=O) groups is 1. The van der Waals surface area contributed by atoms with Gasteiger partial charge in [0.1, 0.15) is 5.75 Å². The molecule has 0 heterocycles. The fraction of sp³-hybridized carbons (Fsp3) is 0.188. The van der Waals surface area contributed by atoms with E-state index in [0.717, 1.165) is 5.56 Å². The second kappa shape index (κ2) is 6.21. The first-order valence-corrected chi connectivity index (χ1v) is 6.39. The summed E-state index contributed by atoms with van der Waals surface area (Å²) in [6.07, 6.45) is -0.504. The van der Waals surface area contributed by atoms with Crippen LogP contribution in [0.3, 0.4) is 0 Å². The lowest BCUT2D eigenvalue weighted by Gasteiger charge is -2.12. The first kappa shape index (κ1) is 14.1. The van der Waals surface area contributed by atoms with E-state index < -0.39 is 6.10 Å². The highest BCUT2D eigenvalue weighted by Crippen LogP contribution is 2.29. The van der Waals surface area contributed by atoms with Gasteiger partial charge < -0.3 is 15.2 Å². The average molecular weight is 271 g/mol. The molecule has 0 saturated carbocycles. The maximum Gasteiger partial charge on any atom is 0.221 e. The molecule has 2 N–H and O–H groups in total. The summed E-state index contributed by atoms with van der Waals surface area (Å²) in [6.45, 7) is 3.16.